The number of carbonyl (C=O) groups excluding carboxylic acids is 1. The Balaban J connectivity index is 2.77. The average molecular weight is 293 g/mol. The van der Waals surface area contributed by atoms with E-state index in [2.05, 4.69) is 4.98 Å². The Bertz CT molecular complexity index is 483. The monoisotopic (exact) mass is 293 g/mol. The molecule has 0 saturated carbocycles. The average Bonchev–Trinajstić information content (AvgIpc) is 2.37. The summed E-state index contributed by atoms with van der Waals surface area (Å²) in [6, 6.07) is 3.53. The minimum Gasteiger partial charge on any atom is -0.481 e. The molecule has 0 bridgehead atoms. The standard InChI is InChI=1S/C15H23N3O3/c1-15(2,3)18(9-7-13(19)20)14(21)17(4)11-12-6-5-8-16-10-12/h5-6,8,10H,7,9,11H2,1-4H3,(H,19,20). The molecule has 0 aliphatic rings. The quantitative estimate of drug-likeness (QED) is 0.903. The molecule has 1 N–H and O–H groups in total. The third-order valence-electron chi connectivity index (χ3n) is 3.06. The second kappa shape index (κ2) is 7.06. The lowest BCUT2D eigenvalue weighted by atomic mass is 10.1. The van der Waals surface area contributed by atoms with E-state index < -0.39 is 11.5 Å². The van der Waals surface area contributed by atoms with E-state index in [0.717, 1.165) is 5.56 Å². The Hall–Kier alpha value is -2.11. The predicted octanol–water partition coefficient (Wildman–Crippen LogP) is 2.21. The van der Waals surface area contributed by atoms with Gasteiger partial charge in [-0.05, 0) is 32.4 Å². The van der Waals surface area contributed by atoms with Crippen molar-refractivity contribution in [2.45, 2.75) is 39.3 Å². The van der Waals surface area contributed by atoms with E-state index in [9.17, 15) is 9.59 Å². The highest BCUT2D eigenvalue weighted by molar-refractivity contribution is 5.76. The van der Waals surface area contributed by atoms with Gasteiger partial charge >= 0.3 is 12.0 Å². The molecule has 0 fully saturated rings. The van der Waals surface area contributed by atoms with Crippen LogP contribution in [0.4, 0.5) is 4.79 Å². The maximum atomic E-state index is 12.5. The Kier molecular flexibility index (Phi) is 5.69. The fourth-order valence-corrected chi connectivity index (χ4v) is 1.96. The van der Waals surface area contributed by atoms with Crippen LogP contribution in [0.15, 0.2) is 24.5 Å². The van der Waals surface area contributed by atoms with Gasteiger partial charge in [-0.15, -0.1) is 0 Å². The molecule has 116 valence electrons. The Morgan fingerprint density at radius 2 is 2.00 bits per heavy atom. The number of pyridine rings is 1. The van der Waals surface area contributed by atoms with Gasteiger partial charge in [0.15, 0.2) is 0 Å². The maximum Gasteiger partial charge on any atom is 0.320 e. The zero-order valence-corrected chi connectivity index (χ0v) is 13.0. The third-order valence-corrected chi connectivity index (χ3v) is 3.06. The van der Waals surface area contributed by atoms with Gasteiger partial charge in [0, 0.05) is 38.1 Å². The first-order chi connectivity index (χ1) is 9.71. The molecule has 1 rings (SSSR count). The van der Waals surface area contributed by atoms with Gasteiger partial charge in [-0.1, -0.05) is 6.07 Å². The normalized spacial score (nSPS) is 11.0. The molecule has 21 heavy (non-hydrogen) atoms. The van der Waals surface area contributed by atoms with Crippen LogP contribution in [0.3, 0.4) is 0 Å². The van der Waals surface area contributed by atoms with Crippen LogP contribution in [0, 0.1) is 0 Å². The van der Waals surface area contributed by atoms with Crippen LogP contribution in [0.25, 0.3) is 0 Å². The van der Waals surface area contributed by atoms with Crippen LogP contribution in [0.1, 0.15) is 32.8 Å². The van der Waals surface area contributed by atoms with Crippen LogP contribution >= 0.6 is 0 Å². The summed E-state index contributed by atoms with van der Waals surface area (Å²) in [7, 11) is 1.70. The van der Waals surface area contributed by atoms with Crippen LogP contribution in [0.5, 0.6) is 0 Å². The molecular weight excluding hydrogens is 270 g/mol. The lowest BCUT2D eigenvalue weighted by Gasteiger charge is -2.38. The second-order valence-corrected chi connectivity index (χ2v) is 5.97. The Morgan fingerprint density at radius 1 is 1.33 bits per heavy atom. The number of carboxylic acid groups (broad SMARTS) is 1. The van der Waals surface area contributed by atoms with Gasteiger partial charge in [-0.3, -0.25) is 9.78 Å². The molecule has 0 aromatic carbocycles. The van der Waals surface area contributed by atoms with E-state index in [-0.39, 0.29) is 19.0 Å². The number of carbonyl (C=O) groups is 2. The van der Waals surface area contributed by atoms with Gasteiger partial charge in [0.05, 0.1) is 6.42 Å². The molecule has 0 atom stereocenters. The molecule has 2 amide bonds. The Morgan fingerprint density at radius 3 is 2.48 bits per heavy atom. The first-order valence-electron chi connectivity index (χ1n) is 6.85. The summed E-state index contributed by atoms with van der Waals surface area (Å²) in [5.41, 5.74) is 0.496. The van der Waals surface area contributed by atoms with Crippen molar-refractivity contribution in [3.8, 4) is 0 Å². The molecule has 6 heteroatoms. The Labute approximate surface area is 125 Å². The number of aromatic nitrogens is 1. The van der Waals surface area contributed by atoms with E-state index in [4.69, 9.17) is 5.11 Å². The summed E-state index contributed by atoms with van der Waals surface area (Å²) in [5.74, 6) is -0.910. The number of amides is 2. The number of rotatable bonds is 5. The van der Waals surface area contributed by atoms with Crippen molar-refractivity contribution in [1.82, 2.24) is 14.8 Å². The van der Waals surface area contributed by atoms with Gasteiger partial charge < -0.3 is 14.9 Å². The highest BCUT2D eigenvalue weighted by Gasteiger charge is 2.29. The van der Waals surface area contributed by atoms with E-state index in [0.29, 0.717) is 6.54 Å². The number of nitrogens with zero attached hydrogens (tertiary/aromatic N) is 3. The van der Waals surface area contributed by atoms with E-state index in [1.165, 1.54) is 0 Å². The van der Waals surface area contributed by atoms with Crippen molar-refractivity contribution in [3.05, 3.63) is 30.1 Å². The topological polar surface area (TPSA) is 73.7 Å². The number of hydrogen-bond donors (Lipinski definition) is 1. The number of aliphatic carboxylic acids is 1. The number of carboxylic acids is 1. The minimum absolute atomic E-state index is 0.0657. The first kappa shape index (κ1) is 16.9. The molecule has 0 radical (unpaired) electrons. The summed E-state index contributed by atoms with van der Waals surface area (Å²) in [6.07, 6.45) is 3.33. The van der Waals surface area contributed by atoms with Crippen molar-refractivity contribution < 1.29 is 14.7 Å². The molecule has 6 nitrogen and oxygen atoms in total. The van der Waals surface area contributed by atoms with Crippen molar-refractivity contribution in [2.75, 3.05) is 13.6 Å². The first-order valence-corrected chi connectivity index (χ1v) is 6.85. The lowest BCUT2D eigenvalue weighted by molar-refractivity contribution is -0.137. The summed E-state index contributed by atoms with van der Waals surface area (Å²) < 4.78 is 0. The molecule has 1 aromatic rings. The maximum absolute atomic E-state index is 12.5. The molecule has 0 spiro atoms. The zero-order chi connectivity index (χ0) is 16.0. The molecule has 0 aliphatic heterocycles. The van der Waals surface area contributed by atoms with Crippen LogP contribution in [-0.2, 0) is 11.3 Å². The van der Waals surface area contributed by atoms with Crippen molar-refractivity contribution in [1.29, 1.82) is 0 Å². The van der Waals surface area contributed by atoms with Gasteiger partial charge in [0.1, 0.15) is 0 Å². The van der Waals surface area contributed by atoms with Crippen molar-refractivity contribution >= 4 is 12.0 Å². The number of urea groups is 1. The molecule has 0 saturated heterocycles. The summed E-state index contributed by atoms with van der Waals surface area (Å²) in [4.78, 5) is 30.5. The van der Waals surface area contributed by atoms with E-state index in [1.807, 2.05) is 32.9 Å². The highest BCUT2D eigenvalue weighted by atomic mass is 16.4. The summed E-state index contributed by atoms with van der Waals surface area (Å²) >= 11 is 0. The molecule has 1 heterocycles. The molecule has 0 unspecified atom stereocenters. The fraction of sp³-hybridized carbons (Fsp3) is 0.533. The predicted molar refractivity (Wildman–Crippen MR) is 79.8 cm³/mol. The highest BCUT2D eigenvalue weighted by Crippen LogP contribution is 2.17. The van der Waals surface area contributed by atoms with Crippen LogP contribution < -0.4 is 0 Å². The van der Waals surface area contributed by atoms with Crippen molar-refractivity contribution in [2.24, 2.45) is 0 Å². The molecule has 1 aromatic heterocycles. The minimum atomic E-state index is -0.910. The van der Waals surface area contributed by atoms with Crippen LogP contribution in [0.2, 0.25) is 0 Å². The number of hydrogen-bond acceptors (Lipinski definition) is 3. The van der Waals surface area contributed by atoms with Gasteiger partial charge in [0.25, 0.3) is 0 Å². The van der Waals surface area contributed by atoms with Gasteiger partial charge in [-0.2, -0.15) is 0 Å². The van der Waals surface area contributed by atoms with Crippen molar-refractivity contribution in [3.63, 3.8) is 0 Å². The third kappa shape index (κ3) is 5.41. The molecule has 0 aliphatic carbocycles. The van der Waals surface area contributed by atoms with E-state index in [1.54, 1.807) is 29.2 Å². The second-order valence-electron chi connectivity index (χ2n) is 5.97. The smallest absolute Gasteiger partial charge is 0.320 e. The molecular formula is C15H23N3O3. The SMILES string of the molecule is CN(Cc1cccnc1)C(=O)N(CCC(=O)O)C(C)(C)C. The zero-order valence-electron chi connectivity index (χ0n) is 13.0. The summed E-state index contributed by atoms with van der Waals surface area (Å²) in [5, 5.41) is 8.82. The van der Waals surface area contributed by atoms with Gasteiger partial charge in [0.2, 0.25) is 0 Å². The van der Waals surface area contributed by atoms with Gasteiger partial charge in [-0.25, -0.2) is 4.79 Å². The van der Waals surface area contributed by atoms with Crippen LogP contribution in [-0.4, -0.2) is 51.0 Å². The fourth-order valence-electron chi connectivity index (χ4n) is 1.96. The van der Waals surface area contributed by atoms with E-state index >= 15 is 0 Å². The lowest BCUT2D eigenvalue weighted by Crippen LogP contribution is -2.51. The largest absolute Gasteiger partial charge is 0.481 e. The summed E-state index contributed by atoms with van der Waals surface area (Å²) in [6.45, 7) is 6.31.